The lowest BCUT2D eigenvalue weighted by molar-refractivity contribution is 0.306. The second-order valence-corrected chi connectivity index (χ2v) is 5.87. The fourth-order valence-electron chi connectivity index (χ4n) is 2.52. The molecule has 4 heteroatoms. The molecule has 0 unspecified atom stereocenters. The first-order valence-corrected chi connectivity index (χ1v) is 8.23. The fraction of sp³-hybridized carbons (Fsp3) is 0.250. The fourth-order valence-corrected chi connectivity index (χ4v) is 2.52. The number of hydrogen-bond acceptors (Lipinski definition) is 3. The van der Waals surface area contributed by atoms with Crippen LogP contribution >= 0.6 is 0 Å². The zero-order valence-electron chi connectivity index (χ0n) is 14.0. The van der Waals surface area contributed by atoms with Gasteiger partial charge in [-0.25, -0.2) is 0 Å². The first kappa shape index (κ1) is 16.3. The summed E-state index contributed by atoms with van der Waals surface area (Å²) in [4.78, 5) is 0. The van der Waals surface area contributed by atoms with Crippen LogP contribution in [-0.4, -0.2) is 16.3 Å². The van der Waals surface area contributed by atoms with E-state index in [1.807, 2.05) is 54.5 Å². The maximum atomic E-state index is 5.81. The molecular formula is C20H23N3O. The number of aromatic nitrogens is 2. The van der Waals surface area contributed by atoms with E-state index in [2.05, 4.69) is 34.7 Å². The quantitative estimate of drug-likeness (QED) is 0.647. The Balaban J connectivity index is 1.39. The Morgan fingerprint density at radius 1 is 0.958 bits per heavy atom. The molecule has 124 valence electrons. The summed E-state index contributed by atoms with van der Waals surface area (Å²) in [6.45, 7) is 2.40. The van der Waals surface area contributed by atoms with Crippen molar-refractivity contribution in [3.8, 4) is 5.75 Å². The lowest BCUT2D eigenvalue weighted by Gasteiger charge is -2.08. The first-order valence-electron chi connectivity index (χ1n) is 8.23. The Bertz CT molecular complexity index is 735. The van der Waals surface area contributed by atoms with Gasteiger partial charge >= 0.3 is 0 Å². The molecule has 0 aliphatic heterocycles. The van der Waals surface area contributed by atoms with E-state index in [0.29, 0.717) is 6.61 Å². The highest BCUT2D eigenvalue weighted by molar-refractivity contribution is 5.28. The van der Waals surface area contributed by atoms with Crippen molar-refractivity contribution >= 4 is 0 Å². The van der Waals surface area contributed by atoms with Crippen LogP contribution in [0.15, 0.2) is 67.0 Å². The molecule has 1 N–H and O–H groups in total. The van der Waals surface area contributed by atoms with Crippen molar-refractivity contribution in [2.24, 2.45) is 7.05 Å². The first-order chi connectivity index (χ1) is 11.8. The molecule has 0 atom stereocenters. The van der Waals surface area contributed by atoms with Gasteiger partial charge in [-0.2, -0.15) is 5.10 Å². The molecule has 0 aliphatic rings. The van der Waals surface area contributed by atoms with Crippen LogP contribution in [0.3, 0.4) is 0 Å². The van der Waals surface area contributed by atoms with Gasteiger partial charge in [0.1, 0.15) is 12.4 Å². The van der Waals surface area contributed by atoms with Crippen LogP contribution in [0.1, 0.15) is 16.7 Å². The van der Waals surface area contributed by atoms with E-state index in [-0.39, 0.29) is 0 Å². The SMILES string of the molecule is Cn1cc(CNCCc2ccc(OCc3ccccc3)cc2)cn1. The topological polar surface area (TPSA) is 39.1 Å². The molecule has 3 aromatic rings. The van der Waals surface area contributed by atoms with Gasteiger partial charge in [0.2, 0.25) is 0 Å². The van der Waals surface area contributed by atoms with Crippen molar-refractivity contribution in [3.63, 3.8) is 0 Å². The third-order valence-electron chi connectivity index (χ3n) is 3.85. The average molecular weight is 321 g/mol. The molecule has 1 aromatic heterocycles. The van der Waals surface area contributed by atoms with Crippen LogP contribution in [0.5, 0.6) is 5.75 Å². The number of rotatable bonds is 8. The molecule has 0 saturated carbocycles. The highest BCUT2D eigenvalue weighted by Crippen LogP contribution is 2.14. The van der Waals surface area contributed by atoms with E-state index in [1.54, 1.807) is 0 Å². The smallest absolute Gasteiger partial charge is 0.119 e. The molecule has 0 bridgehead atoms. The molecule has 0 fully saturated rings. The molecule has 0 aliphatic carbocycles. The van der Waals surface area contributed by atoms with Crippen LogP contribution in [0.25, 0.3) is 0 Å². The van der Waals surface area contributed by atoms with Gasteiger partial charge in [0, 0.05) is 25.4 Å². The minimum atomic E-state index is 0.604. The normalized spacial score (nSPS) is 10.7. The molecule has 3 rings (SSSR count). The summed E-state index contributed by atoms with van der Waals surface area (Å²) in [5, 5.41) is 7.61. The van der Waals surface area contributed by atoms with Crippen LogP contribution in [0, 0.1) is 0 Å². The minimum absolute atomic E-state index is 0.604. The summed E-state index contributed by atoms with van der Waals surface area (Å²) in [5.41, 5.74) is 3.70. The standard InChI is InChI=1S/C20H23N3O/c1-23-15-19(14-22-23)13-21-12-11-17-7-9-20(10-8-17)24-16-18-5-3-2-4-6-18/h2-10,14-15,21H,11-13,16H2,1H3. The van der Waals surface area contributed by atoms with Crippen LogP contribution in [-0.2, 0) is 26.6 Å². The van der Waals surface area contributed by atoms with E-state index in [9.17, 15) is 0 Å². The van der Waals surface area contributed by atoms with E-state index in [0.717, 1.165) is 25.3 Å². The third kappa shape index (κ3) is 4.96. The van der Waals surface area contributed by atoms with Crippen molar-refractivity contribution < 1.29 is 4.74 Å². The van der Waals surface area contributed by atoms with Gasteiger partial charge in [-0.1, -0.05) is 42.5 Å². The average Bonchev–Trinajstić information content (AvgIpc) is 3.04. The highest BCUT2D eigenvalue weighted by Gasteiger charge is 1.99. The van der Waals surface area contributed by atoms with Crippen LogP contribution in [0.2, 0.25) is 0 Å². The van der Waals surface area contributed by atoms with Crippen molar-refractivity contribution in [1.29, 1.82) is 0 Å². The zero-order chi connectivity index (χ0) is 16.6. The van der Waals surface area contributed by atoms with Gasteiger partial charge < -0.3 is 10.1 Å². The molecule has 0 radical (unpaired) electrons. The lowest BCUT2D eigenvalue weighted by atomic mass is 10.1. The van der Waals surface area contributed by atoms with Gasteiger partial charge in [0.15, 0.2) is 0 Å². The van der Waals surface area contributed by atoms with Crippen molar-refractivity contribution in [1.82, 2.24) is 15.1 Å². The van der Waals surface area contributed by atoms with Gasteiger partial charge in [0.25, 0.3) is 0 Å². The molecule has 0 amide bonds. The molecular weight excluding hydrogens is 298 g/mol. The monoisotopic (exact) mass is 321 g/mol. The lowest BCUT2D eigenvalue weighted by Crippen LogP contribution is -2.16. The van der Waals surface area contributed by atoms with E-state index in [4.69, 9.17) is 4.74 Å². The van der Waals surface area contributed by atoms with Gasteiger partial charge in [-0.05, 0) is 36.2 Å². The Morgan fingerprint density at radius 3 is 2.46 bits per heavy atom. The molecule has 24 heavy (non-hydrogen) atoms. The van der Waals surface area contributed by atoms with Crippen molar-refractivity contribution in [2.75, 3.05) is 6.54 Å². The number of benzene rings is 2. The van der Waals surface area contributed by atoms with E-state index in [1.165, 1.54) is 16.7 Å². The Kier molecular flexibility index (Phi) is 5.64. The second kappa shape index (κ2) is 8.31. The largest absolute Gasteiger partial charge is 0.489 e. The summed E-state index contributed by atoms with van der Waals surface area (Å²) in [7, 11) is 1.94. The summed E-state index contributed by atoms with van der Waals surface area (Å²) < 4.78 is 7.63. The molecule has 1 heterocycles. The van der Waals surface area contributed by atoms with Crippen molar-refractivity contribution in [3.05, 3.63) is 83.7 Å². The third-order valence-corrected chi connectivity index (χ3v) is 3.85. The van der Waals surface area contributed by atoms with Gasteiger partial charge in [-0.3, -0.25) is 4.68 Å². The number of nitrogens with zero attached hydrogens (tertiary/aromatic N) is 2. The number of nitrogens with one attached hydrogen (secondary N) is 1. The predicted molar refractivity (Wildman–Crippen MR) is 95.8 cm³/mol. The molecule has 4 nitrogen and oxygen atoms in total. The zero-order valence-corrected chi connectivity index (χ0v) is 14.0. The minimum Gasteiger partial charge on any atom is -0.489 e. The summed E-state index contributed by atoms with van der Waals surface area (Å²) in [6, 6.07) is 18.6. The highest BCUT2D eigenvalue weighted by atomic mass is 16.5. The Labute approximate surface area is 143 Å². The maximum absolute atomic E-state index is 5.81. The maximum Gasteiger partial charge on any atom is 0.119 e. The second-order valence-electron chi connectivity index (χ2n) is 5.87. The van der Waals surface area contributed by atoms with Crippen LogP contribution < -0.4 is 10.1 Å². The molecule has 0 spiro atoms. The number of ether oxygens (including phenoxy) is 1. The van der Waals surface area contributed by atoms with E-state index < -0.39 is 0 Å². The van der Waals surface area contributed by atoms with Gasteiger partial charge in [-0.15, -0.1) is 0 Å². The summed E-state index contributed by atoms with van der Waals surface area (Å²) in [6.07, 6.45) is 4.93. The Morgan fingerprint density at radius 2 is 1.75 bits per heavy atom. The predicted octanol–water partition coefficient (Wildman–Crippen LogP) is 3.33. The Hall–Kier alpha value is -2.59. The number of hydrogen-bond donors (Lipinski definition) is 1. The molecule has 2 aromatic carbocycles. The number of aryl methyl sites for hydroxylation is 1. The molecule has 0 saturated heterocycles. The summed E-state index contributed by atoms with van der Waals surface area (Å²) in [5.74, 6) is 0.908. The van der Waals surface area contributed by atoms with Crippen molar-refractivity contribution in [2.45, 2.75) is 19.6 Å². The van der Waals surface area contributed by atoms with E-state index >= 15 is 0 Å². The summed E-state index contributed by atoms with van der Waals surface area (Å²) >= 11 is 0. The van der Waals surface area contributed by atoms with Crippen LogP contribution in [0.4, 0.5) is 0 Å². The van der Waals surface area contributed by atoms with Gasteiger partial charge in [0.05, 0.1) is 6.20 Å².